The van der Waals surface area contributed by atoms with E-state index in [1.165, 1.54) is 29.3 Å². The van der Waals surface area contributed by atoms with Crippen LogP contribution < -0.4 is 10.6 Å². The first kappa shape index (κ1) is 18.8. The molecule has 2 heterocycles. The second-order valence-corrected chi connectivity index (χ2v) is 8.20. The molecular weight excluding hydrogens is 377 g/mol. The van der Waals surface area contributed by atoms with Gasteiger partial charge in [-0.3, -0.25) is 0 Å². The lowest BCUT2D eigenvalue weighted by molar-refractivity contribution is 0.356. The van der Waals surface area contributed by atoms with E-state index in [1.807, 2.05) is 18.2 Å². The number of aromatic nitrogens is 1. The second-order valence-electron chi connectivity index (χ2n) is 7.36. The fourth-order valence-corrected chi connectivity index (χ4v) is 4.39. The van der Waals surface area contributed by atoms with Crippen LogP contribution in [0.3, 0.4) is 0 Å². The standard InChI is InChI=1S/C22H25Cl2N3/c23-19-6-5-17(21(24)11-19)14-27-15-18(20-3-1-2-4-22(20)27)13-26-12-16-7-9-25-10-8-16/h1-6,11,15-16,25-26H,7-10,12-14H2. The highest BCUT2D eigenvalue weighted by molar-refractivity contribution is 6.35. The largest absolute Gasteiger partial charge is 0.343 e. The van der Waals surface area contributed by atoms with E-state index < -0.39 is 0 Å². The van der Waals surface area contributed by atoms with Gasteiger partial charge < -0.3 is 15.2 Å². The second kappa shape index (κ2) is 8.66. The highest BCUT2D eigenvalue weighted by atomic mass is 35.5. The summed E-state index contributed by atoms with van der Waals surface area (Å²) in [6.07, 6.45) is 4.79. The number of para-hydroxylation sites is 1. The maximum atomic E-state index is 6.39. The van der Waals surface area contributed by atoms with Crippen LogP contribution in [0.15, 0.2) is 48.7 Å². The number of hydrogen-bond acceptors (Lipinski definition) is 2. The molecule has 1 saturated heterocycles. The number of benzene rings is 2. The molecule has 0 bridgehead atoms. The van der Waals surface area contributed by atoms with Crippen LogP contribution in [0.4, 0.5) is 0 Å². The average Bonchev–Trinajstić information content (AvgIpc) is 3.03. The van der Waals surface area contributed by atoms with Crippen molar-refractivity contribution in [1.29, 1.82) is 0 Å². The summed E-state index contributed by atoms with van der Waals surface area (Å²) < 4.78 is 2.28. The Labute approximate surface area is 170 Å². The van der Waals surface area contributed by atoms with Gasteiger partial charge >= 0.3 is 0 Å². The molecule has 0 unspecified atom stereocenters. The van der Waals surface area contributed by atoms with Gasteiger partial charge in [0.2, 0.25) is 0 Å². The van der Waals surface area contributed by atoms with E-state index in [0.29, 0.717) is 10.0 Å². The summed E-state index contributed by atoms with van der Waals surface area (Å²) in [6.45, 7) is 5.02. The molecule has 4 rings (SSSR count). The molecular formula is C22H25Cl2N3. The zero-order valence-electron chi connectivity index (χ0n) is 15.3. The Morgan fingerprint density at radius 2 is 1.85 bits per heavy atom. The predicted octanol–water partition coefficient (Wildman–Crippen LogP) is 5.09. The molecule has 0 saturated carbocycles. The van der Waals surface area contributed by atoms with Crippen LogP contribution in [-0.2, 0) is 13.1 Å². The van der Waals surface area contributed by atoms with Gasteiger partial charge in [0.15, 0.2) is 0 Å². The van der Waals surface area contributed by atoms with Crippen molar-refractivity contribution >= 4 is 34.1 Å². The van der Waals surface area contributed by atoms with E-state index in [2.05, 4.69) is 45.7 Å². The van der Waals surface area contributed by atoms with Crippen molar-refractivity contribution in [2.75, 3.05) is 19.6 Å². The molecule has 1 fully saturated rings. The van der Waals surface area contributed by atoms with Crippen LogP contribution in [0.2, 0.25) is 10.0 Å². The van der Waals surface area contributed by atoms with Gasteiger partial charge in [-0.25, -0.2) is 0 Å². The molecule has 5 heteroatoms. The van der Waals surface area contributed by atoms with Crippen molar-refractivity contribution < 1.29 is 0 Å². The van der Waals surface area contributed by atoms with E-state index in [1.54, 1.807) is 0 Å². The molecule has 2 aromatic carbocycles. The van der Waals surface area contributed by atoms with E-state index in [4.69, 9.17) is 23.2 Å². The smallest absolute Gasteiger partial charge is 0.0491 e. The first-order chi connectivity index (χ1) is 13.2. The normalized spacial score (nSPS) is 15.5. The highest BCUT2D eigenvalue weighted by Gasteiger charge is 2.14. The third-order valence-electron chi connectivity index (χ3n) is 5.43. The van der Waals surface area contributed by atoms with Crippen LogP contribution in [0.1, 0.15) is 24.0 Å². The summed E-state index contributed by atoms with van der Waals surface area (Å²) in [4.78, 5) is 0. The van der Waals surface area contributed by atoms with Crippen molar-refractivity contribution in [3.63, 3.8) is 0 Å². The monoisotopic (exact) mass is 401 g/mol. The Hall–Kier alpha value is -1.52. The zero-order chi connectivity index (χ0) is 18.6. The molecule has 2 N–H and O–H groups in total. The molecule has 0 radical (unpaired) electrons. The Morgan fingerprint density at radius 1 is 1.04 bits per heavy atom. The van der Waals surface area contributed by atoms with E-state index in [9.17, 15) is 0 Å². The first-order valence-corrected chi connectivity index (χ1v) is 10.4. The van der Waals surface area contributed by atoms with Gasteiger partial charge in [0, 0.05) is 40.2 Å². The molecule has 1 aromatic heterocycles. The maximum absolute atomic E-state index is 6.39. The van der Waals surface area contributed by atoms with Crippen LogP contribution in [-0.4, -0.2) is 24.2 Å². The van der Waals surface area contributed by atoms with Crippen molar-refractivity contribution in [1.82, 2.24) is 15.2 Å². The Balaban J connectivity index is 1.51. The van der Waals surface area contributed by atoms with Crippen LogP contribution in [0.5, 0.6) is 0 Å². The fraction of sp³-hybridized carbons (Fsp3) is 0.364. The Morgan fingerprint density at radius 3 is 2.67 bits per heavy atom. The fourth-order valence-electron chi connectivity index (χ4n) is 3.92. The molecule has 0 atom stereocenters. The van der Waals surface area contributed by atoms with Crippen LogP contribution >= 0.6 is 23.2 Å². The van der Waals surface area contributed by atoms with E-state index >= 15 is 0 Å². The van der Waals surface area contributed by atoms with Crippen molar-refractivity contribution in [3.05, 3.63) is 69.8 Å². The summed E-state index contributed by atoms with van der Waals surface area (Å²) in [7, 11) is 0. The van der Waals surface area contributed by atoms with Crippen molar-refractivity contribution in [2.24, 2.45) is 5.92 Å². The van der Waals surface area contributed by atoms with Gasteiger partial charge in [-0.1, -0.05) is 47.5 Å². The number of rotatable bonds is 6. The average molecular weight is 402 g/mol. The third kappa shape index (κ3) is 4.49. The van der Waals surface area contributed by atoms with Crippen LogP contribution in [0.25, 0.3) is 10.9 Å². The lowest BCUT2D eigenvalue weighted by Crippen LogP contribution is -2.33. The molecule has 1 aliphatic heterocycles. The lowest BCUT2D eigenvalue weighted by atomic mass is 9.98. The quantitative estimate of drug-likeness (QED) is 0.602. The number of hydrogen-bond donors (Lipinski definition) is 2. The molecule has 3 aromatic rings. The molecule has 1 aliphatic rings. The predicted molar refractivity (Wildman–Crippen MR) is 115 cm³/mol. The number of fused-ring (bicyclic) bond motifs is 1. The van der Waals surface area contributed by atoms with Gasteiger partial charge in [0.25, 0.3) is 0 Å². The van der Waals surface area contributed by atoms with Gasteiger partial charge in [0.05, 0.1) is 0 Å². The van der Waals surface area contributed by atoms with Crippen molar-refractivity contribution in [3.8, 4) is 0 Å². The zero-order valence-corrected chi connectivity index (χ0v) is 16.9. The topological polar surface area (TPSA) is 29.0 Å². The minimum atomic E-state index is 0.670. The van der Waals surface area contributed by atoms with Gasteiger partial charge in [0.1, 0.15) is 0 Å². The number of piperidine rings is 1. The summed E-state index contributed by atoms with van der Waals surface area (Å²) in [5.74, 6) is 0.785. The SMILES string of the molecule is Clc1ccc(Cn2cc(CNCC3CCNCC3)c3ccccc32)c(Cl)c1. The molecule has 0 spiro atoms. The first-order valence-electron chi connectivity index (χ1n) is 9.63. The van der Waals surface area contributed by atoms with E-state index in [-0.39, 0.29) is 0 Å². The van der Waals surface area contributed by atoms with E-state index in [0.717, 1.165) is 44.2 Å². The molecule has 27 heavy (non-hydrogen) atoms. The molecule has 3 nitrogen and oxygen atoms in total. The number of halogens is 2. The van der Waals surface area contributed by atoms with Crippen molar-refractivity contribution in [2.45, 2.75) is 25.9 Å². The Kier molecular flexibility index (Phi) is 6.04. The van der Waals surface area contributed by atoms with Gasteiger partial charge in [-0.15, -0.1) is 0 Å². The lowest BCUT2D eigenvalue weighted by Gasteiger charge is -2.22. The Bertz CT molecular complexity index is 913. The number of nitrogens with one attached hydrogen (secondary N) is 2. The van der Waals surface area contributed by atoms with Gasteiger partial charge in [-0.2, -0.15) is 0 Å². The summed E-state index contributed by atoms with van der Waals surface area (Å²) in [6, 6.07) is 14.3. The molecule has 0 aliphatic carbocycles. The summed E-state index contributed by atoms with van der Waals surface area (Å²) in [5, 5.41) is 9.80. The molecule has 0 amide bonds. The summed E-state index contributed by atoms with van der Waals surface area (Å²) in [5.41, 5.74) is 3.66. The van der Waals surface area contributed by atoms with Crippen LogP contribution in [0, 0.1) is 5.92 Å². The van der Waals surface area contributed by atoms with Gasteiger partial charge in [-0.05, 0) is 67.7 Å². The minimum Gasteiger partial charge on any atom is -0.343 e. The number of nitrogens with zero attached hydrogens (tertiary/aromatic N) is 1. The molecule has 142 valence electrons. The third-order valence-corrected chi connectivity index (χ3v) is 6.02. The minimum absolute atomic E-state index is 0.670. The summed E-state index contributed by atoms with van der Waals surface area (Å²) >= 11 is 12.4. The highest BCUT2D eigenvalue weighted by Crippen LogP contribution is 2.26. The maximum Gasteiger partial charge on any atom is 0.0491 e.